The largest absolute Gasteiger partial charge is 0.398 e. The van der Waals surface area contributed by atoms with Gasteiger partial charge >= 0.3 is 0 Å². The second-order valence-electron chi connectivity index (χ2n) is 2.94. The van der Waals surface area contributed by atoms with Crippen LogP contribution in [0, 0.1) is 0 Å². The molecule has 0 saturated carbocycles. The molecule has 1 aromatic heterocycles. The van der Waals surface area contributed by atoms with Crippen molar-refractivity contribution >= 4 is 29.1 Å². The molecule has 0 fully saturated rings. The highest BCUT2D eigenvalue weighted by molar-refractivity contribution is 7.99. The van der Waals surface area contributed by atoms with Crippen LogP contribution < -0.4 is 5.73 Å². The molecule has 15 heavy (non-hydrogen) atoms. The Morgan fingerprint density at radius 3 is 2.53 bits per heavy atom. The van der Waals surface area contributed by atoms with E-state index in [0.717, 1.165) is 9.79 Å². The number of nitrogen functional groups attached to an aromatic ring is 1. The number of pyridine rings is 1. The number of anilines is 1. The summed E-state index contributed by atoms with van der Waals surface area (Å²) in [5.41, 5.74) is 6.55. The van der Waals surface area contributed by atoms with E-state index >= 15 is 0 Å². The SMILES string of the molecule is Nc1cccc(Cl)c1Sc1ccncc1. The predicted molar refractivity (Wildman–Crippen MR) is 64.2 cm³/mol. The van der Waals surface area contributed by atoms with Crippen molar-refractivity contribution in [2.75, 3.05) is 5.73 Å². The van der Waals surface area contributed by atoms with Crippen LogP contribution in [0.2, 0.25) is 5.02 Å². The van der Waals surface area contributed by atoms with Crippen molar-refractivity contribution in [1.29, 1.82) is 0 Å². The number of rotatable bonds is 2. The third-order valence-electron chi connectivity index (χ3n) is 1.87. The minimum absolute atomic E-state index is 0.678. The lowest BCUT2D eigenvalue weighted by Gasteiger charge is -2.06. The Labute approximate surface area is 97.5 Å². The Hall–Kier alpha value is -1.19. The van der Waals surface area contributed by atoms with Crippen LogP contribution in [-0.2, 0) is 0 Å². The second-order valence-corrected chi connectivity index (χ2v) is 4.43. The Morgan fingerprint density at radius 1 is 1.13 bits per heavy atom. The molecule has 1 heterocycles. The van der Waals surface area contributed by atoms with E-state index in [0.29, 0.717) is 10.7 Å². The summed E-state index contributed by atoms with van der Waals surface area (Å²) in [4.78, 5) is 5.92. The van der Waals surface area contributed by atoms with Gasteiger partial charge in [-0.05, 0) is 24.3 Å². The number of hydrogen-bond acceptors (Lipinski definition) is 3. The van der Waals surface area contributed by atoms with Crippen molar-refractivity contribution in [2.24, 2.45) is 0 Å². The molecular formula is C11H9ClN2S. The van der Waals surface area contributed by atoms with E-state index < -0.39 is 0 Å². The van der Waals surface area contributed by atoms with Crippen molar-refractivity contribution < 1.29 is 0 Å². The van der Waals surface area contributed by atoms with Crippen LogP contribution >= 0.6 is 23.4 Å². The highest BCUT2D eigenvalue weighted by Gasteiger charge is 2.05. The first kappa shape index (κ1) is 10.3. The maximum Gasteiger partial charge on any atom is 0.0566 e. The lowest BCUT2D eigenvalue weighted by molar-refractivity contribution is 1.26. The summed E-state index contributed by atoms with van der Waals surface area (Å²) in [7, 11) is 0. The molecule has 2 nitrogen and oxygen atoms in total. The van der Waals surface area contributed by atoms with E-state index in [4.69, 9.17) is 17.3 Å². The third-order valence-corrected chi connectivity index (χ3v) is 3.46. The summed E-state index contributed by atoms with van der Waals surface area (Å²) in [6.07, 6.45) is 3.49. The van der Waals surface area contributed by atoms with E-state index in [2.05, 4.69) is 4.98 Å². The van der Waals surface area contributed by atoms with Gasteiger partial charge in [-0.1, -0.05) is 29.4 Å². The zero-order valence-corrected chi connectivity index (χ0v) is 9.42. The van der Waals surface area contributed by atoms with Gasteiger partial charge in [0.2, 0.25) is 0 Å². The topological polar surface area (TPSA) is 38.9 Å². The minimum Gasteiger partial charge on any atom is -0.398 e. The normalized spacial score (nSPS) is 10.2. The monoisotopic (exact) mass is 236 g/mol. The number of benzene rings is 1. The smallest absolute Gasteiger partial charge is 0.0566 e. The molecule has 0 aliphatic heterocycles. The Kier molecular flexibility index (Phi) is 3.14. The molecule has 0 bridgehead atoms. The third kappa shape index (κ3) is 2.43. The van der Waals surface area contributed by atoms with Gasteiger partial charge < -0.3 is 5.73 Å². The Bertz CT molecular complexity index is 439. The van der Waals surface area contributed by atoms with E-state index in [1.807, 2.05) is 30.3 Å². The molecular weight excluding hydrogens is 228 g/mol. The quantitative estimate of drug-likeness (QED) is 0.812. The molecule has 0 radical (unpaired) electrons. The Morgan fingerprint density at radius 2 is 1.87 bits per heavy atom. The highest BCUT2D eigenvalue weighted by Crippen LogP contribution is 2.36. The molecule has 0 saturated heterocycles. The fraction of sp³-hybridized carbons (Fsp3) is 0. The van der Waals surface area contributed by atoms with Crippen LogP contribution in [0.5, 0.6) is 0 Å². The van der Waals surface area contributed by atoms with Gasteiger partial charge in [-0.2, -0.15) is 0 Å². The number of halogens is 1. The molecule has 2 rings (SSSR count). The van der Waals surface area contributed by atoms with E-state index in [-0.39, 0.29) is 0 Å². The first-order valence-corrected chi connectivity index (χ1v) is 5.58. The molecule has 0 unspecified atom stereocenters. The molecule has 0 amide bonds. The van der Waals surface area contributed by atoms with Gasteiger partial charge in [-0.15, -0.1) is 0 Å². The zero-order chi connectivity index (χ0) is 10.7. The maximum atomic E-state index is 6.06. The molecule has 0 aliphatic rings. The fourth-order valence-electron chi connectivity index (χ4n) is 1.16. The number of aromatic nitrogens is 1. The van der Waals surface area contributed by atoms with Crippen LogP contribution in [0.3, 0.4) is 0 Å². The zero-order valence-electron chi connectivity index (χ0n) is 7.85. The maximum absolute atomic E-state index is 6.06. The van der Waals surface area contributed by atoms with Gasteiger partial charge in [-0.3, -0.25) is 4.98 Å². The molecule has 0 spiro atoms. The summed E-state index contributed by atoms with van der Waals surface area (Å²) in [5, 5.41) is 0.678. The summed E-state index contributed by atoms with van der Waals surface area (Å²) < 4.78 is 0. The van der Waals surface area contributed by atoms with Crippen LogP contribution in [0.15, 0.2) is 52.5 Å². The minimum atomic E-state index is 0.678. The van der Waals surface area contributed by atoms with Gasteiger partial charge in [-0.25, -0.2) is 0 Å². The summed E-state index contributed by atoms with van der Waals surface area (Å²) in [5.74, 6) is 0. The average Bonchev–Trinajstić information content (AvgIpc) is 2.25. The number of nitrogens with zero attached hydrogens (tertiary/aromatic N) is 1. The van der Waals surface area contributed by atoms with Gasteiger partial charge in [0.25, 0.3) is 0 Å². The lowest BCUT2D eigenvalue weighted by Crippen LogP contribution is -1.88. The molecule has 1 aromatic carbocycles. The molecule has 2 aromatic rings. The van der Waals surface area contributed by atoms with Crippen LogP contribution in [0.1, 0.15) is 0 Å². The van der Waals surface area contributed by atoms with Crippen LogP contribution in [0.4, 0.5) is 5.69 Å². The highest BCUT2D eigenvalue weighted by atomic mass is 35.5. The van der Waals surface area contributed by atoms with Gasteiger partial charge in [0, 0.05) is 23.0 Å². The first-order valence-electron chi connectivity index (χ1n) is 4.39. The molecule has 76 valence electrons. The van der Waals surface area contributed by atoms with Crippen molar-refractivity contribution in [2.45, 2.75) is 9.79 Å². The summed E-state index contributed by atoms with van der Waals surface area (Å²) in [6, 6.07) is 9.37. The fourth-order valence-corrected chi connectivity index (χ4v) is 2.30. The van der Waals surface area contributed by atoms with E-state index in [1.165, 1.54) is 0 Å². The van der Waals surface area contributed by atoms with E-state index in [9.17, 15) is 0 Å². The van der Waals surface area contributed by atoms with Crippen molar-refractivity contribution in [1.82, 2.24) is 4.98 Å². The predicted octanol–water partition coefficient (Wildman–Crippen LogP) is 3.47. The molecule has 0 atom stereocenters. The molecule has 0 aliphatic carbocycles. The number of nitrogens with two attached hydrogens (primary N) is 1. The van der Waals surface area contributed by atoms with Crippen LogP contribution in [0.25, 0.3) is 0 Å². The van der Waals surface area contributed by atoms with Crippen molar-refractivity contribution in [3.63, 3.8) is 0 Å². The molecule has 2 N–H and O–H groups in total. The average molecular weight is 237 g/mol. The molecule has 4 heteroatoms. The van der Waals surface area contributed by atoms with Crippen molar-refractivity contribution in [3.05, 3.63) is 47.7 Å². The standard InChI is InChI=1S/C11H9ClN2S/c12-9-2-1-3-10(13)11(9)15-8-4-6-14-7-5-8/h1-7H,13H2. The summed E-state index contributed by atoms with van der Waals surface area (Å²) in [6.45, 7) is 0. The van der Waals surface area contributed by atoms with E-state index in [1.54, 1.807) is 24.2 Å². The van der Waals surface area contributed by atoms with Crippen LogP contribution in [-0.4, -0.2) is 4.98 Å². The Balaban J connectivity index is 2.32. The summed E-state index contributed by atoms with van der Waals surface area (Å²) >= 11 is 7.61. The van der Waals surface area contributed by atoms with Gasteiger partial charge in [0.1, 0.15) is 0 Å². The first-order chi connectivity index (χ1) is 7.27. The lowest BCUT2D eigenvalue weighted by atomic mass is 10.3. The van der Waals surface area contributed by atoms with Crippen molar-refractivity contribution in [3.8, 4) is 0 Å². The van der Waals surface area contributed by atoms with Gasteiger partial charge in [0.05, 0.1) is 9.92 Å². The number of hydrogen-bond donors (Lipinski definition) is 1. The second kappa shape index (κ2) is 4.55. The van der Waals surface area contributed by atoms with Gasteiger partial charge in [0.15, 0.2) is 0 Å².